The molecule has 0 atom stereocenters. The molecule has 0 fully saturated rings. The van der Waals surface area contributed by atoms with E-state index < -0.39 is 0 Å². The molecule has 0 saturated heterocycles. The van der Waals surface area contributed by atoms with Gasteiger partial charge in [-0.3, -0.25) is 4.79 Å². The minimum atomic E-state index is -0.0660. The van der Waals surface area contributed by atoms with Crippen LogP contribution >= 0.6 is 0 Å². The van der Waals surface area contributed by atoms with Crippen molar-refractivity contribution in [2.24, 2.45) is 0 Å². The van der Waals surface area contributed by atoms with Crippen molar-refractivity contribution in [3.05, 3.63) is 17.2 Å². The predicted octanol–water partition coefficient (Wildman–Crippen LogP) is 3.19. The monoisotopic (exact) mass is 278 g/mol. The average Bonchev–Trinajstić information content (AvgIpc) is 2.75. The number of fused-ring (bicyclic) bond motifs is 1. The third kappa shape index (κ3) is 3.84. The molecule has 0 N–H and O–H groups in total. The Labute approximate surface area is 121 Å². The Morgan fingerprint density at radius 1 is 1.25 bits per heavy atom. The van der Waals surface area contributed by atoms with Crippen LogP contribution in [-0.4, -0.2) is 22.1 Å². The van der Waals surface area contributed by atoms with Crippen molar-refractivity contribution in [3.63, 3.8) is 0 Å². The van der Waals surface area contributed by atoms with Gasteiger partial charge in [-0.05, 0) is 52.4 Å². The lowest BCUT2D eigenvalue weighted by Crippen LogP contribution is -2.10. The van der Waals surface area contributed by atoms with E-state index in [1.807, 2.05) is 6.92 Å². The molecule has 1 aliphatic rings. The molecule has 0 spiro atoms. The van der Waals surface area contributed by atoms with Crippen LogP contribution in [0.25, 0.3) is 0 Å². The summed E-state index contributed by atoms with van der Waals surface area (Å²) in [5.74, 6) is 1.09. The van der Waals surface area contributed by atoms with Crippen LogP contribution in [0.4, 0.5) is 0 Å². The number of hydrogen-bond acceptors (Lipinski definition) is 3. The second-order valence-electron chi connectivity index (χ2n) is 5.53. The van der Waals surface area contributed by atoms with Gasteiger partial charge in [-0.2, -0.15) is 0 Å². The van der Waals surface area contributed by atoms with E-state index in [0.717, 1.165) is 38.1 Å². The summed E-state index contributed by atoms with van der Waals surface area (Å²) >= 11 is 0. The molecule has 1 heterocycles. The number of imidazole rings is 1. The van der Waals surface area contributed by atoms with Crippen LogP contribution in [0.5, 0.6) is 0 Å². The zero-order valence-electron chi connectivity index (χ0n) is 12.8. The summed E-state index contributed by atoms with van der Waals surface area (Å²) < 4.78 is 7.32. The third-order valence-corrected chi connectivity index (χ3v) is 3.99. The largest absolute Gasteiger partial charge is 0.466 e. The summed E-state index contributed by atoms with van der Waals surface area (Å²) in [6.07, 6.45) is 8.56. The lowest BCUT2D eigenvalue weighted by atomic mass is 10.0. The van der Waals surface area contributed by atoms with E-state index in [4.69, 9.17) is 9.72 Å². The van der Waals surface area contributed by atoms with Crippen molar-refractivity contribution < 1.29 is 9.53 Å². The number of aromatic nitrogens is 2. The van der Waals surface area contributed by atoms with Crippen molar-refractivity contribution in [2.45, 2.75) is 71.8 Å². The predicted molar refractivity (Wildman–Crippen MR) is 78.7 cm³/mol. The first kappa shape index (κ1) is 15.1. The van der Waals surface area contributed by atoms with E-state index in [1.165, 1.54) is 30.7 Å². The average molecular weight is 278 g/mol. The molecule has 0 saturated carbocycles. The molecule has 112 valence electrons. The number of nitrogens with zero attached hydrogens (tertiary/aromatic N) is 2. The Morgan fingerprint density at radius 2 is 2.05 bits per heavy atom. The van der Waals surface area contributed by atoms with E-state index in [9.17, 15) is 4.79 Å². The molecular weight excluding hydrogens is 252 g/mol. The molecular formula is C16H26N2O2. The molecule has 20 heavy (non-hydrogen) atoms. The smallest absolute Gasteiger partial charge is 0.305 e. The number of aryl methyl sites for hydroxylation is 2. The Balaban J connectivity index is 1.74. The maximum absolute atomic E-state index is 11.2. The first-order chi connectivity index (χ1) is 9.72. The Kier molecular flexibility index (Phi) is 5.62. The molecule has 1 aliphatic carbocycles. The second-order valence-corrected chi connectivity index (χ2v) is 5.53. The number of rotatable bonds is 7. The highest BCUT2D eigenvalue weighted by atomic mass is 16.5. The highest BCUT2D eigenvalue weighted by molar-refractivity contribution is 5.69. The number of carbonyl (C=O) groups is 1. The van der Waals surface area contributed by atoms with Crippen LogP contribution in [0, 0.1) is 6.92 Å². The van der Waals surface area contributed by atoms with Gasteiger partial charge in [0.25, 0.3) is 0 Å². The van der Waals surface area contributed by atoms with E-state index in [0.29, 0.717) is 13.0 Å². The summed E-state index contributed by atoms with van der Waals surface area (Å²) in [5, 5.41) is 0. The van der Waals surface area contributed by atoms with Crippen LogP contribution in [0.2, 0.25) is 0 Å². The van der Waals surface area contributed by atoms with Crippen molar-refractivity contribution in [1.29, 1.82) is 0 Å². The topological polar surface area (TPSA) is 44.1 Å². The molecule has 0 amide bonds. The number of hydrogen-bond donors (Lipinski definition) is 0. The Bertz CT molecular complexity index is 452. The van der Waals surface area contributed by atoms with Crippen LogP contribution in [-0.2, 0) is 28.9 Å². The fraction of sp³-hybridized carbons (Fsp3) is 0.750. The number of esters is 1. The third-order valence-electron chi connectivity index (χ3n) is 3.99. The lowest BCUT2D eigenvalue weighted by Gasteiger charge is -2.14. The first-order valence-electron chi connectivity index (χ1n) is 7.93. The van der Waals surface area contributed by atoms with Crippen molar-refractivity contribution in [1.82, 2.24) is 9.55 Å². The minimum Gasteiger partial charge on any atom is -0.466 e. The summed E-state index contributed by atoms with van der Waals surface area (Å²) in [5.41, 5.74) is 2.78. The van der Waals surface area contributed by atoms with Gasteiger partial charge in [-0.25, -0.2) is 4.98 Å². The molecule has 0 bridgehead atoms. The van der Waals surface area contributed by atoms with Crippen molar-refractivity contribution in [3.8, 4) is 0 Å². The Morgan fingerprint density at radius 3 is 2.85 bits per heavy atom. The zero-order valence-corrected chi connectivity index (χ0v) is 12.8. The van der Waals surface area contributed by atoms with Gasteiger partial charge in [0.15, 0.2) is 0 Å². The van der Waals surface area contributed by atoms with Crippen LogP contribution in [0.1, 0.15) is 62.7 Å². The highest BCUT2D eigenvalue weighted by Gasteiger charge is 2.17. The summed E-state index contributed by atoms with van der Waals surface area (Å²) in [6, 6.07) is 0. The molecule has 0 aromatic carbocycles. The first-order valence-corrected chi connectivity index (χ1v) is 7.93. The van der Waals surface area contributed by atoms with Gasteiger partial charge in [0, 0.05) is 18.7 Å². The fourth-order valence-electron chi connectivity index (χ4n) is 2.98. The zero-order chi connectivity index (χ0) is 14.4. The van der Waals surface area contributed by atoms with E-state index in [-0.39, 0.29) is 5.97 Å². The summed E-state index contributed by atoms with van der Waals surface area (Å²) in [6.45, 7) is 5.48. The van der Waals surface area contributed by atoms with Crippen LogP contribution < -0.4 is 0 Å². The van der Waals surface area contributed by atoms with Crippen LogP contribution in [0.3, 0.4) is 0 Å². The quantitative estimate of drug-likeness (QED) is 0.568. The summed E-state index contributed by atoms with van der Waals surface area (Å²) in [7, 11) is 0. The van der Waals surface area contributed by atoms with Crippen LogP contribution in [0.15, 0.2) is 0 Å². The molecule has 2 rings (SSSR count). The Hall–Kier alpha value is -1.32. The van der Waals surface area contributed by atoms with Crippen molar-refractivity contribution >= 4 is 5.97 Å². The van der Waals surface area contributed by atoms with Gasteiger partial charge in [-0.15, -0.1) is 0 Å². The van der Waals surface area contributed by atoms with E-state index in [1.54, 1.807) is 0 Å². The summed E-state index contributed by atoms with van der Waals surface area (Å²) in [4.78, 5) is 15.9. The molecule has 4 nitrogen and oxygen atoms in total. The number of carbonyl (C=O) groups excluding carboxylic acids is 1. The SMILES string of the molecule is CCOC(=O)CCCCCn1c(C)nc2c1CCCC2. The molecule has 1 aromatic rings. The molecule has 0 unspecified atom stereocenters. The highest BCUT2D eigenvalue weighted by Crippen LogP contribution is 2.22. The van der Waals surface area contributed by atoms with Gasteiger partial charge in [0.1, 0.15) is 5.82 Å². The standard InChI is InChI=1S/C16H26N2O2/c1-3-20-16(19)11-5-4-8-12-18-13(2)17-14-9-6-7-10-15(14)18/h3-12H2,1-2H3. The van der Waals surface area contributed by atoms with E-state index >= 15 is 0 Å². The maximum atomic E-state index is 11.2. The molecule has 0 radical (unpaired) electrons. The van der Waals surface area contributed by atoms with Gasteiger partial charge in [0.05, 0.1) is 12.3 Å². The normalized spacial score (nSPS) is 14.1. The number of ether oxygens (including phenoxy) is 1. The van der Waals surface area contributed by atoms with Gasteiger partial charge in [0.2, 0.25) is 0 Å². The van der Waals surface area contributed by atoms with E-state index in [2.05, 4.69) is 11.5 Å². The van der Waals surface area contributed by atoms with Gasteiger partial charge in [-0.1, -0.05) is 6.42 Å². The molecule has 1 aromatic heterocycles. The second kappa shape index (κ2) is 7.46. The lowest BCUT2D eigenvalue weighted by molar-refractivity contribution is -0.143. The van der Waals surface area contributed by atoms with Gasteiger partial charge < -0.3 is 9.30 Å². The molecule has 4 heteroatoms. The van der Waals surface area contributed by atoms with Gasteiger partial charge >= 0.3 is 5.97 Å². The molecule has 0 aliphatic heterocycles. The maximum Gasteiger partial charge on any atom is 0.305 e. The number of unbranched alkanes of at least 4 members (excludes halogenated alkanes) is 2. The fourth-order valence-corrected chi connectivity index (χ4v) is 2.98. The van der Waals surface area contributed by atoms with Crippen molar-refractivity contribution in [2.75, 3.05) is 6.61 Å². The minimum absolute atomic E-state index is 0.0660.